The fourth-order valence-electron chi connectivity index (χ4n) is 2.31. The van der Waals surface area contributed by atoms with Crippen LogP contribution in [0, 0.1) is 0 Å². The molecule has 1 saturated heterocycles. The highest BCUT2D eigenvalue weighted by Gasteiger charge is 2.24. The Labute approximate surface area is 124 Å². The first-order valence-corrected chi connectivity index (χ1v) is 6.89. The monoisotopic (exact) mass is 295 g/mol. The van der Waals surface area contributed by atoms with Crippen LogP contribution in [0.4, 0.5) is 5.69 Å². The molecule has 0 aromatic heterocycles. The van der Waals surface area contributed by atoms with Gasteiger partial charge in [0.1, 0.15) is 18.1 Å². The average molecular weight is 295 g/mol. The quantitative estimate of drug-likeness (QED) is 0.661. The Morgan fingerprint density at radius 1 is 1.33 bits per heavy atom. The fourth-order valence-corrected chi connectivity index (χ4v) is 2.31. The summed E-state index contributed by atoms with van der Waals surface area (Å²) in [7, 11) is 2.99. The summed E-state index contributed by atoms with van der Waals surface area (Å²) >= 11 is 0. The van der Waals surface area contributed by atoms with Gasteiger partial charge in [-0.25, -0.2) is 4.79 Å². The molecule has 1 fully saturated rings. The number of benzene rings is 1. The maximum atomic E-state index is 12.2. The molecule has 6 heteroatoms. The molecule has 0 saturated carbocycles. The van der Waals surface area contributed by atoms with Crippen LogP contribution in [0.25, 0.3) is 0 Å². The highest BCUT2D eigenvalue weighted by molar-refractivity contribution is 5.97. The van der Waals surface area contributed by atoms with Crippen LogP contribution in [0.5, 0.6) is 11.5 Å². The van der Waals surface area contributed by atoms with Crippen molar-refractivity contribution in [3.05, 3.63) is 17.7 Å². The van der Waals surface area contributed by atoms with Crippen molar-refractivity contribution >= 4 is 11.7 Å². The third kappa shape index (κ3) is 3.58. The van der Waals surface area contributed by atoms with E-state index in [0.717, 1.165) is 12.8 Å². The van der Waals surface area contributed by atoms with Crippen molar-refractivity contribution in [3.8, 4) is 11.5 Å². The van der Waals surface area contributed by atoms with E-state index in [4.69, 9.17) is 24.7 Å². The normalized spacial score (nSPS) is 21.1. The third-order valence-electron chi connectivity index (χ3n) is 3.51. The van der Waals surface area contributed by atoms with Gasteiger partial charge in [-0.3, -0.25) is 0 Å². The van der Waals surface area contributed by atoms with Crippen LogP contribution in [0.15, 0.2) is 12.1 Å². The fraction of sp³-hybridized carbons (Fsp3) is 0.533. The van der Waals surface area contributed by atoms with Crippen LogP contribution in [0.2, 0.25) is 0 Å². The highest BCUT2D eigenvalue weighted by Crippen LogP contribution is 2.31. The lowest BCUT2D eigenvalue weighted by molar-refractivity contribution is -0.00262. The van der Waals surface area contributed by atoms with Gasteiger partial charge in [0, 0.05) is 6.07 Å². The predicted molar refractivity (Wildman–Crippen MR) is 77.8 cm³/mol. The summed E-state index contributed by atoms with van der Waals surface area (Å²) < 4.78 is 21.2. The average Bonchev–Trinajstić information content (AvgIpc) is 2.90. The highest BCUT2D eigenvalue weighted by atomic mass is 16.6. The number of nitrogen functional groups attached to an aromatic ring is 1. The number of ether oxygens (including phenoxy) is 4. The Bertz CT molecular complexity index is 517. The number of carbonyl (C=O) groups excluding carboxylic acids is 1. The van der Waals surface area contributed by atoms with E-state index in [2.05, 4.69) is 0 Å². The molecule has 1 aliphatic heterocycles. The SMILES string of the molecule is COc1cc(OC)c(N)c(C(=O)OCC2CCC(C)O2)c1. The molecule has 0 bridgehead atoms. The van der Waals surface area contributed by atoms with E-state index in [0.29, 0.717) is 11.5 Å². The number of nitrogens with two attached hydrogens (primary N) is 1. The Morgan fingerprint density at radius 2 is 2.10 bits per heavy atom. The number of rotatable bonds is 5. The molecule has 116 valence electrons. The molecule has 2 N–H and O–H groups in total. The molecule has 2 unspecified atom stereocenters. The summed E-state index contributed by atoms with van der Waals surface area (Å²) in [6.07, 6.45) is 2.05. The third-order valence-corrected chi connectivity index (χ3v) is 3.51. The largest absolute Gasteiger partial charge is 0.497 e. The van der Waals surface area contributed by atoms with Crippen molar-refractivity contribution in [2.75, 3.05) is 26.6 Å². The predicted octanol–water partition coefficient (Wildman–Crippen LogP) is 2.01. The summed E-state index contributed by atoms with van der Waals surface area (Å²) in [5.41, 5.74) is 6.38. The van der Waals surface area contributed by atoms with Crippen molar-refractivity contribution in [3.63, 3.8) is 0 Å². The smallest absolute Gasteiger partial charge is 0.340 e. The van der Waals surface area contributed by atoms with Gasteiger partial charge in [0.25, 0.3) is 0 Å². The summed E-state index contributed by atoms with van der Waals surface area (Å²) in [6.45, 7) is 2.23. The van der Waals surface area contributed by atoms with E-state index in [1.807, 2.05) is 6.92 Å². The summed E-state index contributed by atoms with van der Waals surface area (Å²) in [4.78, 5) is 12.2. The maximum absolute atomic E-state index is 12.2. The second-order valence-electron chi connectivity index (χ2n) is 5.04. The number of esters is 1. The first-order chi connectivity index (χ1) is 10.0. The zero-order valence-corrected chi connectivity index (χ0v) is 12.5. The molecule has 0 spiro atoms. The van der Waals surface area contributed by atoms with Crippen molar-refractivity contribution in [2.24, 2.45) is 0 Å². The van der Waals surface area contributed by atoms with Gasteiger partial charge in [-0.05, 0) is 25.8 Å². The Balaban J connectivity index is 2.07. The number of hydrogen-bond donors (Lipinski definition) is 1. The number of methoxy groups -OCH3 is 2. The molecule has 1 heterocycles. The molecular formula is C15H21NO5. The van der Waals surface area contributed by atoms with Crippen LogP contribution >= 0.6 is 0 Å². The first kappa shape index (κ1) is 15.4. The molecule has 1 aromatic rings. The molecule has 1 aromatic carbocycles. The van der Waals surface area contributed by atoms with E-state index in [-0.39, 0.29) is 30.1 Å². The van der Waals surface area contributed by atoms with Gasteiger partial charge in [-0.15, -0.1) is 0 Å². The first-order valence-electron chi connectivity index (χ1n) is 6.89. The minimum Gasteiger partial charge on any atom is -0.497 e. The van der Waals surface area contributed by atoms with Crippen molar-refractivity contribution in [1.82, 2.24) is 0 Å². The van der Waals surface area contributed by atoms with Gasteiger partial charge in [-0.1, -0.05) is 0 Å². The van der Waals surface area contributed by atoms with Gasteiger partial charge < -0.3 is 24.7 Å². The van der Waals surface area contributed by atoms with E-state index >= 15 is 0 Å². The minimum atomic E-state index is -0.507. The lowest BCUT2D eigenvalue weighted by Gasteiger charge is -2.14. The zero-order chi connectivity index (χ0) is 15.4. The second kappa shape index (κ2) is 6.67. The van der Waals surface area contributed by atoms with Gasteiger partial charge in [0.15, 0.2) is 0 Å². The molecular weight excluding hydrogens is 274 g/mol. The zero-order valence-electron chi connectivity index (χ0n) is 12.5. The molecule has 0 amide bonds. The van der Waals surface area contributed by atoms with Crippen LogP contribution in [-0.2, 0) is 9.47 Å². The van der Waals surface area contributed by atoms with E-state index in [1.165, 1.54) is 20.3 Å². The van der Waals surface area contributed by atoms with Crippen molar-refractivity contribution < 1.29 is 23.7 Å². The molecule has 0 aliphatic carbocycles. The molecule has 0 radical (unpaired) electrons. The van der Waals surface area contributed by atoms with E-state index < -0.39 is 5.97 Å². The lowest BCUT2D eigenvalue weighted by Crippen LogP contribution is -2.19. The number of carbonyl (C=O) groups is 1. The molecule has 2 rings (SSSR count). The van der Waals surface area contributed by atoms with Crippen LogP contribution < -0.4 is 15.2 Å². The standard InChI is InChI=1S/C15H21NO5/c1-9-4-5-10(21-9)8-20-15(17)12-6-11(18-2)7-13(19-3)14(12)16/h6-7,9-10H,4-5,8,16H2,1-3H3. The topological polar surface area (TPSA) is 80.0 Å². The van der Waals surface area contributed by atoms with E-state index in [9.17, 15) is 4.79 Å². The second-order valence-corrected chi connectivity index (χ2v) is 5.04. The Hall–Kier alpha value is -1.95. The summed E-state index contributed by atoms with van der Waals surface area (Å²) in [5, 5.41) is 0. The van der Waals surface area contributed by atoms with Crippen LogP contribution in [0.1, 0.15) is 30.1 Å². The van der Waals surface area contributed by atoms with Gasteiger partial charge in [0.05, 0.1) is 37.7 Å². The van der Waals surface area contributed by atoms with Gasteiger partial charge >= 0.3 is 5.97 Å². The van der Waals surface area contributed by atoms with Gasteiger partial charge in [-0.2, -0.15) is 0 Å². The van der Waals surface area contributed by atoms with Crippen molar-refractivity contribution in [1.29, 1.82) is 0 Å². The Kier molecular flexibility index (Phi) is 4.90. The number of anilines is 1. The summed E-state index contributed by atoms with van der Waals surface area (Å²) in [6, 6.07) is 3.16. The maximum Gasteiger partial charge on any atom is 0.340 e. The summed E-state index contributed by atoms with van der Waals surface area (Å²) in [5.74, 6) is 0.360. The number of hydrogen-bond acceptors (Lipinski definition) is 6. The van der Waals surface area contributed by atoms with Crippen molar-refractivity contribution in [2.45, 2.75) is 32.0 Å². The van der Waals surface area contributed by atoms with E-state index in [1.54, 1.807) is 6.07 Å². The Morgan fingerprint density at radius 3 is 2.67 bits per heavy atom. The lowest BCUT2D eigenvalue weighted by atomic mass is 10.1. The van der Waals surface area contributed by atoms with Gasteiger partial charge in [0.2, 0.25) is 0 Å². The van der Waals surface area contributed by atoms with Crippen LogP contribution in [-0.4, -0.2) is 39.0 Å². The minimum absolute atomic E-state index is 0.0438. The van der Waals surface area contributed by atoms with Crippen LogP contribution in [0.3, 0.4) is 0 Å². The molecule has 2 atom stereocenters. The molecule has 6 nitrogen and oxygen atoms in total. The molecule has 1 aliphatic rings. The molecule has 21 heavy (non-hydrogen) atoms.